The maximum atomic E-state index is 13.1. The van der Waals surface area contributed by atoms with Crippen LogP contribution in [0.1, 0.15) is 32.3 Å². The first kappa shape index (κ1) is 21.9. The fraction of sp³-hybridized carbons (Fsp3) is 0.571. The number of nitrogens with one attached hydrogen (secondary N) is 1. The predicted molar refractivity (Wildman–Crippen MR) is 111 cm³/mol. The molecule has 4 amide bonds. The molecule has 2 aliphatic rings. The number of nitrogens with zero attached hydrogens (tertiary/aromatic N) is 4. The second kappa shape index (κ2) is 9.34. The topological polar surface area (TPSA) is 85.4 Å². The molecule has 0 bridgehead atoms. The molecule has 30 heavy (non-hydrogen) atoms. The van der Waals surface area contributed by atoms with E-state index in [2.05, 4.69) is 12.2 Å². The number of hydrazine groups is 1. The molecule has 9 heteroatoms. The minimum Gasteiger partial charge on any atom is -0.497 e. The third-order valence-corrected chi connectivity index (χ3v) is 5.69. The van der Waals surface area contributed by atoms with Gasteiger partial charge in [0.15, 0.2) is 0 Å². The standard InChI is InChI=1S/C21H31N5O4/c1-5-6-11-24-13-18-25(15(2)20(24)28)19(27)14-23(3)26(18)21(29)22-12-16-7-9-17(30-4)10-8-16/h7-10,15,18H,5-6,11-14H2,1-4H3,(H,22,29)/t15-,18-/m0/s1. The predicted octanol–water partition coefficient (Wildman–Crippen LogP) is 1.25. The van der Waals surface area contributed by atoms with Gasteiger partial charge in [0, 0.05) is 20.1 Å². The quantitative estimate of drug-likeness (QED) is 0.753. The lowest BCUT2D eigenvalue weighted by atomic mass is 10.1. The molecule has 2 fully saturated rings. The highest BCUT2D eigenvalue weighted by molar-refractivity contribution is 5.91. The minimum absolute atomic E-state index is 0.0546. The average Bonchev–Trinajstić information content (AvgIpc) is 2.73. The van der Waals surface area contributed by atoms with E-state index in [9.17, 15) is 14.4 Å². The van der Waals surface area contributed by atoms with Crippen LogP contribution in [0, 0.1) is 0 Å². The molecule has 0 aromatic heterocycles. The molecule has 0 spiro atoms. The molecule has 0 unspecified atom stereocenters. The molecule has 164 valence electrons. The van der Waals surface area contributed by atoms with Crippen LogP contribution < -0.4 is 10.1 Å². The number of urea groups is 1. The summed E-state index contributed by atoms with van der Waals surface area (Å²) in [5.74, 6) is 0.553. The van der Waals surface area contributed by atoms with Gasteiger partial charge in [-0.3, -0.25) is 9.59 Å². The number of ether oxygens (including phenoxy) is 1. The van der Waals surface area contributed by atoms with Gasteiger partial charge >= 0.3 is 6.03 Å². The number of hydrogen-bond acceptors (Lipinski definition) is 5. The van der Waals surface area contributed by atoms with Crippen LogP contribution in [-0.2, 0) is 16.1 Å². The molecule has 1 aromatic rings. The lowest BCUT2D eigenvalue weighted by molar-refractivity contribution is -0.185. The van der Waals surface area contributed by atoms with Gasteiger partial charge in [0.05, 0.1) is 20.2 Å². The van der Waals surface area contributed by atoms with Crippen molar-refractivity contribution < 1.29 is 19.1 Å². The lowest BCUT2D eigenvalue weighted by Gasteiger charge is -2.53. The second-order valence-electron chi connectivity index (χ2n) is 7.76. The van der Waals surface area contributed by atoms with Gasteiger partial charge in [0.1, 0.15) is 18.0 Å². The molecule has 2 aliphatic heterocycles. The third kappa shape index (κ3) is 4.35. The van der Waals surface area contributed by atoms with E-state index < -0.39 is 12.2 Å². The van der Waals surface area contributed by atoms with Gasteiger partial charge in [0.25, 0.3) is 0 Å². The normalized spacial score (nSPS) is 22.2. The maximum absolute atomic E-state index is 13.1. The van der Waals surface area contributed by atoms with Crippen molar-refractivity contribution >= 4 is 17.8 Å². The van der Waals surface area contributed by atoms with Crippen LogP contribution in [-0.4, -0.2) is 83.7 Å². The van der Waals surface area contributed by atoms with Crippen LogP contribution in [0.25, 0.3) is 0 Å². The Balaban J connectivity index is 1.74. The van der Waals surface area contributed by atoms with Crippen LogP contribution in [0.3, 0.4) is 0 Å². The smallest absolute Gasteiger partial charge is 0.334 e. The largest absolute Gasteiger partial charge is 0.497 e. The Bertz CT molecular complexity index is 784. The zero-order valence-electron chi connectivity index (χ0n) is 18.1. The van der Waals surface area contributed by atoms with Gasteiger partial charge in [0.2, 0.25) is 11.8 Å². The molecule has 2 saturated heterocycles. The van der Waals surface area contributed by atoms with E-state index >= 15 is 0 Å². The molecular formula is C21H31N5O4. The molecule has 1 aromatic carbocycles. The van der Waals surface area contributed by atoms with E-state index in [1.807, 2.05) is 24.3 Å². The SMILES string of the molecule is CCCCN1C[C@H]2N(C(=O)CN(C)N2C(=O)NCc2ccc(OC)cc2)[C@@H](C)C1=O. The highest BCUT2D eigenvalue weighted by Crippen LogP contribution is 2.25. The van der Waals surface area contributed by atoms with Gasteiger partial charge < -0.3 is 19.9 Å². The summed E-state index contributed by atoms with van der Waals surface area (Å²) in [6.45, 7) is 5.16. The number of rotatable bonds is 6. The van der Waals surface area contributed by atoms with Crippen molar-refractivity contribution in [3.63, 3.8) is 0 Å². The maximum Gasteiger partial charge on any atom is 0.334 e. The number of benzene rings is 1. The molecule has 1 N–H and O–H groups in total. The molecule has 2 heterocycles. The minimum atomic E-state index is -0.585. The van der Waals surface area contributed by atoms with Gasteiger partial charge in [-0.25, -0.2) is 14.8 Å². The summed E-state index contributed by atoms with van der Waals surface area (Å²) < 4.78 is 5.16. The molecule has 0 saturated carbocycles. The second-order valence-corrected chi connectivity index (χ2v) is 7.76. The third-order valence-electron chi connectivity index (χ3n) is 5.69. The molecule has 9 nitrogen and oxygen atoms in total. The number of methoxy groups -OCH3 is 1. The van der Waals surface area contributed by atoms with Crippen LogP contribution in [0.5, 0.6) is 5.75 Å². The fourth-order valence-corrected chi connectivity index (χ4v) is 4.02. The van der Waals surface area contributed by atoms with Crippen molar-refractivity contribution in [2.75, 3.05) is 33.8 Å². The summed E-state index contributed by atoms with van der Waals surface area (Å²) in [7, 11) is 3.33. The molecule has 2 atom stereocenters. The molecule has 0 aliphatic carbocycles. The number of unbranched alkanes of at least 4 members (excludes halogenated alkanes) is 1. The lowest BCUT2D eigenvalue weighted by Crippen LogP contribution is -2.75. The Morgan fingerprint density at radius 1 is 1.23 bits per heavy atom. The van der Waals surface area contributed by atoms with E-state index in [0.29, 0.717) is 19.6 Å². The molecule has 3 rings (SSSR count). The average molecular weight is 418 g/mol. The van der Waals surface area contributed by atoms with Crippen molar-refractivity contribution in [1.29, 1.82) is 0 Å². The number of hydrogen-bond donors (Lipinski definition) is 1. The van der Waals surface area contributed by atoms with Gasteiger partial charge in [-0.2, -0.15) is 0 Å². The van der Waals surface area contributed by atoms with Gasteiger partial charge in [-0.05, 0) is 31.0 Å². The zero-order valence-corrected chi connectivity index (χ0v) is 18.1. The summed E-state index contributed by atoms with van der Waals surface area (Å²) in [4.78, 5) is 41.8. The summed E-state index contributed by atoms with van der Waals surface area (Å²) >= 11 is 0. The number of amides is 4. The van der Waals surface area contributed by atoms with Gasteiger partial charge in [-0.1, -0.05) is 25.5 Å². The van der Waals surface area contributed by atoms with E-state index in [1.165, 1.54) is 0 Å². The summed E-state index contributed by atoms with van der Waals surface area (Å²) in [6, 6.07) is 6.58. The van der Waals surface area contributed by atoms with Crippen molar-refractivity contribution in [3.8, 4) is 5.75 Å². The Morgan fingerprint density at radius 3 is 2.57 bits per heavy atom. The van der Waals surface area contributed by atoms with Crippen molar-refractivity contribution in [2.45, 2.75) is 45.4 Å². The first-order valence-corrected chi connectivity index (χ1v) is 10.4. The monoisotopic (exact) mass is 417 g/mol. The first-order valence-electron chi connectivity index (χ1n) is 10.4. The number of piperazine rings is 1. The fourth-order valence-electron chi connectivity index (χ4n) is 4.02. The highest BCUT2D eigenvalue weighted by Gasteiger charge is 2.48. The van der Waals surface area contributed by atoms with E-state index in [0.717, 1.165) is 24.2 Å². The van der Waals surface area contributed by atoms with Crippen LogP contribution in [0.2, 0.25) is 0 Å². The zero-order chi connectivity index (χ0) is 21.8. The highest BCUT2D eigenvalue weighted by atomic mass is 16.5. The number of fused-ring (bicyclic) bond motifs is 1. The Hall–Kier alpha value is -2.81. The van der Waals surface area contributed by atoms with E-state index in [1.54, 1.807) is 40.9 Å². The number of carbonyl (C=O) groups is 3. The van der Waals surface area contributed by atoms with Crippen LogP contribution >= 0.6 is 0 Å². The number of carbonyl (C=O) groups excluding carboxylic acids is 3. The van der Waals surface area contributed by atoms with Gasteiger partial charge in [-0.15, -0.1) is 0 Å². The summed E-state index contributed by atoms with van der Waals surface area (Å²) in [6.07, 6.45) is 1.34. The number of likely N-dealkylation sites (N-methyl/N-ethyl adjacent to an activating group) is 1. The van der Waals surface area contributed by atoms with Crippen molar-refractivity contribution in [1.82, 2.24) is 25.1 Å². The summed E-state index contributed by atoms with van der Waals surface area (Å²) in [5.41, 5.74) is 0.938. The molecular weight excluding hydrogens is 386 g/mol. The summed E-state index contributed by atoms with van der Waals surface area (Å²) in [5, 5.41) is 6.13. The van der Waals surface area contributed by atoms with Crippen LogP contribution in [0.4, 0.5) is 4.79 Å². The first-order chi connectivity index (χ1) is 14.4. The Labute approximate surface area is 177 Å². The Morgan fingerprint density at radius 2 is 1.93 bits per heavy atom. The Kier molecular flexibility index (Phi) is 6.81. The van der Waals surface area contributed by atoms with Crippen molar-refractivity contribution in [3.05, 3.63) is 29.8 Å². The van der Waals surface area contributed by atoms with E-state index in [-0.39, 0.29) is 24.4 Å². The van der Waals surface area contributed by atoms with E-state index in [4.69, 9.17) is 4.74 Å². The van der Waals surface area contributed by atoms with Crippen molar-refractivity contribution in [2.24, 2.45) is 0 Å². The van der Waals surface area contributed by atoms with Crippen LogP contribution in [0.15, 0.2) is 24.3 Å². The molecule has 0 radical (unpaired) electrons.